The van der Waals surface area contributed by atoms with E-state index in [0.717, 1.165) is 11.4 Å². The molecule has 1 aromatic heterocycles. The lowest BCUT2D eigenvalue weighted by Crippen LogP contribution is -1.93. The average Bonchev–Trinajstić information content (AvgIpc) is 2.66. The van der Waals surface area contributed by atoms with Crippen LogP contribution in [0.3, 0.4) is 0 Å². The molecule has 2 rings (SSSR count). The molecule has 2 aromatic rings. The Kier molecular flexibility index (Phi) is 2.25. The Bertz CT molecular complexity index is 491. The number of benzene rings is 1. The van der Waals surface area contributed by atoms with Crippen molar-refractivity contribution < 1.29 is 0 Å². The second-order valence-corrected chi connectivity index (χ2v) is 3.01. The van der Waals surface area contributed by atoms with E-state index < -0.39 is 0 Å². The smallest absolute Gasteiger partial charge is 0.143 e. The molecular formula is C10H9N5. The maximum atomic E-state index is 8.62. The highest BCUT2D eigenvalue weighted by atomic mass is 15.2. The average molecular weight is 199 g/mol. The van der Waals surface area contributed by atoms with Gasteiger partial charge in [0.15, 0.2) is 0 Å². The predicted molar refractivity (Wildman–Crippen MR) is 57.4 cm³/mol. The Morgan fingerprint density at radius 2 is 2.07 bits per heavy atom. The molecule has 0 saturated heterocycles. The van der Waals surface area contributed by atoms with Crippen LogP contribution in [0.2, 0.25) is 0 Å². The van der Waals surface area contributed by atoms with Crippen LogP contribution in [0.1, 0.15) is 5.56 Å². The van der Waals surface area contributed by atoms with Gasteiger partial charge in [-0.25, -0.2) is 0 Å². The summed E-state index contributed by atoms with van der Waals surface area (Å²) in [5.74, 6) is 0.486. The van der Waals surface area contributed by atoms with Crippen LogP contribution in [0.25, 0.3) is 0 Å². The Morgan fingerprint density at radius 1 is 1.33 bits per heavy atom. The number of nitrogens with one attached hydrogen (secondary N) is 2. The van der Waals surface area contributed by atoms with E-state index in [2.05, 4.69) is 21.6 Å². The van der Waals surface area contributed by atoms with Gasteiger partial charge in [0.1, 0.15) is 11.5 Å². The summed E-state index contributed by atoms with van der Waals surface area (Å²) in [5.41, 5.74) is 7.82. The molecule has 15 heavy (non-hydrogen) atoms. The largest absolute Gasteiger partial charge is 0.382 e. The molecule has 0 atom stereocenters. The Labute approximate surface area is 86.5 Å². The van der Waals surface area contributed by atoms with Crippen molar-refractivity contribution in [3.8, 4) is 6.07 Å². The van der Waals surface area contributed by atoms with Crippen LogP contribution in [0.4, 0.5) is 17.2 Å². The first kappa shape index (κ1) is 9.09. The van der Waals surface area contributed by atoms with E-state index in [1.807, 2.05) is 12.1 Å². The summed E-state index contributed by atoms with van der Waals surface area (Å²) in [7, 11) is 0. The molecule has 0 unspecified atom stereocenters. The molecule has 0 amide bonds. The third kappa shape index (κ3) is 1.89. The number of nitriles is 1. The van der Waals surface area contributed by atoms with E-state index in [-0.39, 0.29) is 0 Å². The lowest BCUT2D eigenvalue weighted by Gasteiger charge is -2.03. The second-order valence-electron chi connectivity index (χ2n) is 3.01. The van der Waals surface area contributed by atoms with Crippen molar-refractivity contribution in [3.05, 3.63) is 36.0 Å². The summed E-state index contributed by atoms with van der Waals surface area (Å²) < 4.78 is 0. The topological polar surface area (TPSA) is 90.5 Å². The van der Waals surface area contributed by atoms with Gasteiger partial charge in [0.2, 0.25) is 0 Å². The van der Waals surface area contributed by atoms with Gasteiger partial charge in [-0.15, -0.1) is 0 Å². The summed E-state index contributed by atoms with van der Waals surface area (Å²) in [6, 6.07) is 9.14. The number of H-pyrrole nitrogens is 1. The zero-order valence-electron chi connectivity index (χ0n) is 7.86. The van der Waals surface area contributed by atoms with Crippen LogP contribution in [-0.4, -0.2) is 10.2 Å². The maximum Gasteiger partial charge on any atom is 0.143 e. The molecular weight excluding hydrogens is 190 g/mol. The Balaban J connectivity index is 2.19. The van der Waals surface area contributed by atoms with Gasteiger partial charge in [0.05, 0.1) is 17.8 Å². The van der Waals surface area contributed by atoms with Gasteiger partial charge in [0.25, 0.3) is 0 Å². The number of aromatic nitrogens is 2. The van der Waals surface area contributed by atoms with E-state index in [4.69, 9.17) is 11.0 Å². The predicted octanol–water partition coefficient (Wildman–Crippen LogP) is 1.61. The zero-order valence-corrected chi connectivity index (χ0v) is 7.86. The zero-order chi connectivity index (χ0) is 10.7. The SMILES string of the molecule is N#Cc1ccc(Nc2cn[nH]c2N)cc1. The third-order valence-corrected chi connectivity index (χ3v) is 1.96. The minimum absolute atomic E-state index is 0.486. The number of nitrogens with two attached hydrogens (primary N) is 1. The summed E-state index contributed by atoms with van der Waals surface area (Å²) in [6.45, 7) is 0. The van der Waals surface area contributed by atoms with Gasteiger partial charge in [-0.1, -0.05) is 0 Å². The molecule has 4 N–H and O–H groups in total. The first-order chi connectivity index (χ1) is 7.29. The molecule has 1 aromatic carbocycles. The van der Waals surface area contributed by atoms with Crippen molar-refractivity contribution in [2.24, 2.45) is 0 Å². The van der Waals surface area contributed by atoms with Crippen LogP contribution in [0.15, 0.2) is 30.5 Å². The highest BCUT2D eigenvalue weighted by molar-refractivity contribution is 5.68. The van der Waals surface area contributed by atoms with E-state index in [1.54, 1.807) is 18.3 Å². The summed E-state index contributed by atoms with van der Waals surface area (Å²) in [6.07, 6.45) is 1.60. The molecule has 0 radical (unpaired) electrons. The molecule has 0 bridgehead atoms. The van der Waals surface area contributed by atoms with E-state index >= 15 is 0 Å². The van der Waals surface area contributed by atoms with Gasteiger partial charge >= 0.3 is 0 Å². The van der Waals surface area contributed by atoms with Crippen LogP contribution < -0.4 is 11.1 Å². The van der Waals surface area contributed by atoms with Gasteiger partial charge in [0, 0.05) is 5.69 Å². The maximum absolute atomic E-state index is 8.62. The van der Waals surface area contributed by atoms with Crippen molar-refractivity contribution >= 4 is 17.2 Å². The Hall–Kier alpha value is -2.48. The molecule has 5 nitrogen and oxygen atoms in total. The van der Waals surface area contributed by atoms with E-state index in [0.29, 0.717) is 11.4 Å². The minimum Gasteiger partial charge on any atom is -0.382 e. The molecule has 0 saturated carbocycles. The van der Waals surface area contributed by atoms with Gasteiger partial charge in [-0.05, 0) is 24.3 Å². The lowest BCUT2D eigenvalue weighted by atomic mass is 10.2. The Morgan fingerprint density at radius 3 is 2.60 bits per heavy atom. The quantitative estimate of drug-likeness (QED) is 0.685. The van der Waals surface area contributed by atoms with Crippen molar-refractivity contribution in [1.29, 1.82) is 5.26 Å². The van der Waals surface area contributed by atoms with Gasteiger partial charge in [-0.2, -0.15) is 10.4 Å². The number of aromatic amines is 1. The third-order valence-electron chi connectivity index (χ3n) is 1.96. The van der Waals surface area contributed by atoms with Crippen molar-refractivity contribution in [1.82, 2.24) is 10.2 Å². The molecule has 74 valence electrons. The molecule has 0 fully saturated rings. The number of hydrogen-bond acceptors (Lipinski definition) is 4. The highest BCUT2D eigenvalue weighted by Gasteiger charge is 2.00. The molecule has 0 aliphatic heterocycles. The van der Waals surface area contributed by atoms with Crippen molar-refractivity contribution in [3.63, 3.8) is 0 Å². The van der Waals surface area contributed by atoms with Crippen LogP contribution in [-0.2, 0) is 0 Å². The molecule has 5 heteroatoms. The fraction of sp³-hybridized carbons (Fsp3) is 0. The molecule has 0 aliphatic carbocycles. The standard InChI is InChI=1S/C10H9N5/c11-5-7-1-3-8(4-2-7)14-9-6-13-15-10(9)12/h1-4,6,14H,(H3,12,13,15). The van der Waals surface area contributed by atoms with Crippen molar-refractivity contribution in [2.75, 3.05) is 11.1 Å². The van der Waals surface area contributed by atoms with Crippen LogP contribution >= 0.6 is 0 Å². The van der Waals surface area contributed by atoms with E-state index in [1.165, 1.54) is 0 Å². The van der Waals surface area contributed by atoms with Crippen LogP contribution in [0, 0.1) is 11.3 Å². The normalized spacial score (nSPS) is 9.53. The summed E-state index contributed by atoms with van der Waals surface area (Å²) in [5, 5.41) is 18.1. The fourth-order valence-corrected chi connectivity index (χ4v) is 1.18. The number of hydrogen-bond donors (Lipinski definition) is 3. The molecule has 0 aliphatic rings. The summed E-state index contributed by atoms with van der Waals surface area (Å²) >= 11 is 0. The lowest BCUT2D eigenvalue weighted by molar-refractivity contribution is 1.10. The van der Waals surface area contributed by atoms with Crippen molar-refractivity contribution in [2.45, 2.75) is 0 Å². The molecule has 1 heterocycles. The van der Waals surface area contributed by atoms with Gasteiger partial charge in [-0.3, -0.25) is 5.10 Å². The number of nitrogens with zero attached hydrogens (tertiary/aromatic N) is 2. The number of rotatable bonds is 2. The highest BCUT2D eigenvalue weighted by Crippen LogP contribution is 2.20. The summed E-state index contributed by atoms with van der Waals surface area (Å²) in [4.78, 5) is 0. The fourth-order valence-electron chi connectivity index (χ4n) is 1.18. The van der Waals surface area contributed by atoms with Gasteiger partial charge < -0.3 is 11.1 Å². The first-order valence-corrected chi connectivity index (χ1v) is 4.35. The minimum atomic E-state index is 0.486. The second kappa shape index (κ2) is 3.72. The first-order valence-electron chi connectivity index (χ1n) is 4.35. The monoisotopic (exact) mass is 199 g/mol. The van der Waals surface area contributed by atoms with E-state index in [9.17, 15) is 0 Å². The van der Waals surface area contributed by atoms with Crippen LogP contribution in [0.5, 0.6) is 0 Å². The number of nitrogen functional groups attached to an aromatic ring is 1. The number of anilines is 3. The molecule has 0 spiro atoms.